The van der Waals surface area contributed by atoms with E-state index in [-0.39, 0.29) is 0 Å². The molecule has 2 aromatic heterocycles. The van der Waals surface area contributed by atoms with Crippen LogP contribution in [0.2, 0.25) is 10.0 Å². The third-order valence-corrected chi connectivity index (χ3v) is 4.62. The van der Waals surface area contributed by atoms with E-state index in [1.54, 1.807) is 29.5 Å². The summed E-state index contributed by atoms with van der Waals surface area (Å²) in [5.41, 5.74) is 3.42. The second kappa shape index (κ2) is 5.97. The first-order valence-electron chi connectivity index (χ1n) is 6.02. The highest BCUT2D eigenvalue weighted by atomic mass is 35.5. The molecule has 0 radical (unpaired) electrons. The minimum Gasteiger partial charge on any atom is -0.348 e. The van der Waals surface area contributed by atoms with Crippen LogP contribution in [-0.2, 0) is 6.54 Å². The molecule has 3 rings (SSSR count). The topological polar surface area (TPSA) is 68.5 Å². The second-order valence-electron chi connectivity index (χ2n) is 4.20. The van der Waals surface area contributed by atoms with Gasteiger partial charge >= 0.3 is 0 Å². The fraction of sp³-hybridized carbons (Fsp3) is 0.167. The van der Waals surface area contributed by atoms with Crippen molar-refractivity contribution < 1.29 is 0 Å². The Balaban J connectivity index is 1.87. The van der Waals surface area contributed by atoms with Crippen molar-refractivity contribution in [3.63, 3.8) is 0 Å². The summed E-state index contributed by atoms with van der Waals surface area (Å²) in [6, 6.07) is 5.31. The lowest BCUT2D eigenvalue weighted by Crippen LogP contribution is -2.07. The van der Waals surface area contributed by atoms with Gasteiger partial charge in [-0.15, -0.1) is 11.3 Å². The molecular weight excluding hydrogens is 331 g/mol. The number of nitrogens with zero attached hydrogens (tertiary/aromatic N) is 5. The van der Waals surface area contributed by atoms with Crippen LogP contribution in [0, 0.1) is 6.92 Å². The van der Waals surface area contributed by atoms with Gasteiger partial charge < -0.3 is 5.32 Å². The Morgan fingerprint density at radius 2 is 2.19 bits per heavy atom. The van der Waals surface area contributed by atoms with Crippen LogP contribution < -0.4 is 5.32 Å². The summed E-state index contributed by atoms with van der Waals surface area (Å²) in [7, 11) is 0. The fourth-order valence-electron chi connectivity index (χ4n) is 1.77. The largest absolute Gasteiger partial charge is 0.348 e. The molecule has 0 aliphatic carbocycles. The van der Waals surface area contributed by atoms with Gasteiger partial charge in [-0.1, -0.05) is 34.4 Å². The monoisotopic (exact) mass is 340 g/mol. The van der Waals surface area contributed by atoms with E-state index in [2.05, 4.69) is 25.8 Å². The Hall–Kier alpha value is -1.70. The summed E-state index contributed by atoms with van der Waals surface area (Å²) in [5, 5.41) is 15.6. The van der Waals surface area contributed by atoms with Crippen molar-refractivity contribution in [3.05, 3.63) is 44.3 Å². The molecule has 9 heteroatoms. The van der Waals surface area contributed by atoms with Gasteiger partial charge in [-0.05, 0) is 29.5 Å². The van der Waals surface area contributed by atoms with E-state index in [0.717, 1.165) is 10.6 Å². The van der Waals surface area contributed by atoms with Crippen LogP contribution in [0.25, 0.3) is 5.69 Å². The zero-order valence-electron chi connectivity index (χ0n) is 10.9. The number of anilines is 1. The molecule has 0 amide bonds. The molecule has 0 saturated carbocycles. The molecule has 0 atom stereocenters. The first kappa shape index (κ1) is 14.2. The van der Waals surface area contributed by atoms with E-state index in [1.807, 2.05) is 12.4 Å². The van der Waals surface area contributed by atoms with Crippen LogP contribution in [-0.4, -0.2) is 25.2 Å². The highest BCUT2D eigenvalue weighted by Crippen LogP contribution is 2.29. The maximum absolute atomic E-state index is 6.20. The van der Waals surface area contributed by atoms with Crippen LogP contribution in [0.1, 0.15) is 10.6 Å². The molecule has 6 nitrogen and oxygen atoms in total. The van der Waals surface area contributed by atoms with Crippen LogP contribution in [0.4, 0.5) is 5.95 Å². The van der Waals surface area contributed by atoms with Gasteiger partial charge in [0.2, 0.25) is 5.95 Å². The first-order chi connectivity index (χ1) is 10.2. The fourth-order valence-corrected chi connectivity index (χ4v) is 2.86. The van der Waals surface area contributed by atoms with E-state index >= 15 is 0 Å². The van der Waals surface area contributed by atoms with Crippen molar-refractivity contribution in [1.29, 1.82) is 0 Å². The second-order valence-corrected chi connectivity index (χ2v) is 5.93. The third-order valence-electron chi connectivity index (χ3n) is 2.88. The number of hydrogen-bond donors (Lipinski definition) is 1. The number of hydrogen-bond acceptors (Lipinski definition) is 6. The summed E-state index contributed by atoms with van der Waals surface area (Å²) in [5.74, 6) is 0.493. The molecule has 1 N–H and O–H groups in total. The van der Waals surface area contributed by atoms with Crippen LogP contribution in [0.15, 0.2) is 23.7 Å². The molecule has 0 aliphatic rings. The van der Waals surface area contributed by atoms with Crippen LogP contribution in [0.5, 0.6) is 0 Å². The predicted octanol–water partition coefficient (Wildman–Crippen LogP) is 3.35. The Morgan fingerprint density at radius 1 is 1.33 bits per heavy atom. The van der Waals surface area contributed by atoms with Gasteiger partial charge in [-0.3, -0.25) is 0 Å². The molecule has 0 spiro atoms. The SMILES string of the molecule is Cc1ncsc1CNc1nnnn1-c1cccc(Cl)c1Cl. The van der Waals surface area contributed by atoms with Crippen molar-refractivity contribution in [2.75, 3.05) is 5.32 Å². The van der Waals surface area contributed by atoms with Crippen molar-refractivity contribution >= 4 is 40.5 Å². The summed E-state index contributed by atoms with van der Waals surface area (Å²) in [6.45, 7) is 2.55. The standard InChI is InChI=1S/C12H10Cl2N6S/c1-7-10(21-6-16-7)5-15-12-17-18-19-20(12)9-4-2-3-8(13)11(9)14/h2-4,6H,5H2,1H3,(H,15,17,19). The smallest absolute Gasteiger partial charge is 0.248 e. The van der Waals surface area contributed by atoms with Crippen LogP contribution >= 0.6 is 34.5 Å². The lowest BCUT2D eigenvalue weighted by atomic mass is 10.3. The van der Waals surface area contributed by atoms with E-state index in [4.69, 9.17) is 23.2 Å². The Kier molecular flexibility index (Phi) is 4.05. The van der Waals surface area contributed by atoms with Crippen LogP contribution in [0.3, 0.4) is 0 Å². The van der Waals surface area contributed by atoms with Gasteiger partial charge in [0.05, 0.1) is 33.5 Å². The molecule has 0 aliphatic heterocycles. The molecule has 3 aromatic rings. The predicted molar refractivity (Wildman–Crippen MR) is 83.4 cm³/mol. The molecule has 0 bridgehead atoms. The van der Waals surface area contributed by atoms with Crippen molar-refractivity contribution in [3.8, 4) is 5.69 Å². The summed E-state index contributed by atoms with van der Waals surface area (Å²) < 4.78 is 1.52. The average molecular weight is 341 g/mol. The van der Waals surface area contributed by atoms with Crippen molar-refractivity contribution in [1.82, 2.24) is 25.2 Å². The average Bonchev–Trinajstić information content (AvgIpc) is 3.08. The lowest BCUT2D eigenvalue weighted by Gasteiger charge is -2.08. The van der Waals surface area contributed by atoms with E-state index in [9.17, 15) is 0 Å². The van der Waals surface area contributed by atoms with Gasteiger partial charge in [0.1, 0.15) is 0 Å². The van der Waals surface area contributed by atoms with Crippen molar-refractivity contribution in [2.45, 2.75) is 13.5 Å². The Morgan fingerprint density at radius 3 is 2.95 bits per heavy atom. The number of halogens is 2. The molecule has 1 aromatic carbocycles. The highest BCUT2D eigenvalue weighted by molar-refractivity contribution is 7.09. The number of rotatable bonds is 4. The summed E-state index contributed by atoms with van der Waals surface area (Å²) >= 11 is 13.8. The Labute approximate surface area is 134 Å². The van der Waals surface area contributed by atoms with E-state index in [1.165, 1.54) is 4.68 Å². The number of aromatic nitrogens is 5. The summed E-state index contributed by atoms with van der Waals surface area (Å²) in [6.07, 6.45) is 0. The molecule has 0 saturated heterocycles. The molecule has 21 heavy (non-hydrogen) atoms. The van der Waals surface area contributed by atoms with Gasteiger partial charge in [-0.25, -0.2) is 4.98 Å². The minimum absolute atomic E-state index is 0.406. The number of aryl methyl sites for hydroxylation is 1. The third kappa shape index (κ3) is 2.85. The molecule has 108 valence electrons. The molecular formula is C12H10Cl2N6S. The molecule has 2 heterocycles. The van der Waals surface area contributed by atoms with Gasteiger partial charge in [0, 0.05) is 4.88 Å². The molecule has 0 fully saturated rings. The number of nitrogens with one attached hydrogen (secondary N) is 1. The number of benzene rings is 1. The van der Waals surface area contributed by atoms with Crippen molar-refractivity contribution in [2.24, 2.45) is 0 Å². The number of thiazole rings is 1. The maximum Gasteiger partial charge on any atom is 0.248 e. The maximum atomic E-state index is 6.20. The zero-order valence-corrected chi connectivity index (χ0v) is 13.2. The Bertz CT molecular complexity index is 769. The van der Waals surface area contributed by atoms with E-state index in [0.29, 0.717) is 28.2 Å². The zero-order chi connectivity index (χ0) is 14.8. The summed E-state index contributed by atoms with van der Waals surface area (Å²) in [4.78, 5) is 5.33. The minimum atomic E-state index is 0.406. The number of tetrazole rings is 1. The van der Waals surface area contributed by atoms with Gasteiger partial charge in [-0.2, -0.15) is 4.68 Å². The van der Waals surface area contributed by atoms with Gasteiger partial charge in [0.25, 0.3) is 0 Å². The van der Waals surface area contributed by atoms with Gasteiger partial charge in [0.15, 0.2) is 0 Å². The normalized spacial score (nSPS) is 10.8. The first-order valence-corrected chi connectivity index (χ1v) is 7.66. The highest BCUT2D eigenvalue weighted by Gasteiger charge is 2.13. The quantitative estimate of drug-likeness (QED) is 0.788. The lowest BCUT2D eigenvalue weighted by molar-refractivity contribution is 0.789. The van der Waals surface area contributed by atoms with E-state index < -0.39 is 0 Å². The molecule has 0 unspecified atom stereocenters.